The van der Waals surface area contributed by atoms with Crippen molar-refractivity contribution in [2.75, 3.05) is 18.2 Å². The van der Waals surface area contributed by atoms with Crippen molar-refractivity contribution in [2.45, 2.75) is 18.3 Å². The van der Waals surface area contributed by atoms with Crippen LogP contribution in [0.5, 0.6) is 5.75 Å². The summed E-state index contributed by atoms with van der Waals surface area (Å²) in [7, 11) is 1.63. The van der Waals surface area contributed by atoms with Gasteiger partial charge in [-0.1, -0.05) is 60.3 Å². The number of carbonyl (C=O) groups excluding carboxylic acids is 1. The zero-order chi connectivity index (χ0) is 21.6. The number of thioether (sulfide) groups is 1. The number of ether oxygens (including phenoxy) is 1. The van der Waals surface area contributed by atoms with Gasteiger partial charge in [0.05, 0.1) is 31.4 Å². The largest absolute Gasteiger partial charge is 0.497 e. The highest BCUT2D eigenvalue weighted by atomic mass is 32.2. The van der Waals surface area contributed by atoms with E-state index >= 15 is 0 Å². The van der Waals surface area contributed by atoms with Crippen molar-refractivity contribution in [2.24, 2.45) is 0 Å². The summed E-state index contributed by atoms with van der Waals surface area (Å²) in [4.78, 5) is 17.0. The second-order valence-electron chi connectivity index (χ2n) is 6.99. The Balaban J connectivity index is 1.45. The first-order valence-electron chi connectivity index (χ1n) is 9.86. The number of amides is 1. The monoisotopic (exact) mass is 433 g/mol. The minimum atomic E-state index is -0.119. The number of anilines is 1. The van der Waals surface area contributed by atoms with E-state index in [1.807, 2.05) is 71.3 Å². The van der Waals surface area contributed by atoms with Gasteiger partial charge in [-0.05, 0) is 29.1 Å². The van der Waals surface area contributed by atoms with Gasteiger partial charge in [0.15, 0.2) is 5.16 Å². The van der Waals surface area contributed by atoms with Crippen molar-refractivity contribution in [3.63, 3.8) is 0 Å². The molecular weight excluding hydrogens is 410 g/mol. The molecule has 0 radical (unpaired) electrons. The number of aliphatic hydroxyl groups excluding tert-OH is 1. The van der Waals surface area contributed by atoms with Gasteiger partial charge in [0.1, 0.15) is 5.75 Å². The summed E-state index contributed by atoms with van der Waals surface area (Å²) in [5, 5.41) is 15.5. The first-order valence-corrected chi connectivity index (χ1v) is 10.8. The van der Waals surface area contributed by atoms with E-state index in [2.05, 4.69) is 10.3 Å². The average molecular weight is 434 g/mol. The van der Waals surface area contributed by atoms with Crippen molar-refractivity contribution < 1.29 is 14.6 Å². The number of rotatable bonds is 8. The summed E-state index contributed by atoms with van der Waals surface area (Å²) >= 11 is 1.35. The normalized spacial score (nSPS) is 10.9. The van der Waals surface area contributed by atoms with Crippen LogP contribution in [-0.4, -0.2) is 33.4 Å². The summed E-state index contributed by atoms with van der Waals surface area (Å²) in [6.45, 7) is 0.430. The van der Waals surface area contributed by atoms with E-state index in [9.17, 15) is 9.90 Å². The van der Waals surface area contributed by atoms with Crippen LogP contribution in [-0.2, 0) is 17.9 Å². The topological polar surface area (TPSA) is 76.4 Å². The van der Waals surface area contributed by atoms with Gasteiger partial charge in [0.25, 0.3) is 0 Å². The van der Waals surface area contributed by atoms with Crippen molar-refractivity contribution in [1.82, 2.24) is 9.55 Å². The zero-order valence-corrected chi connectivity index (χ0v) is 17.9. The van der Waals surface area contributed by atoms with Crippen LogP contribution < -0.4 is 10.1 Å². The predicted molar refractivity (Wildman–Crippen MR) is 124 cm³/mol. The molecule has 1 aromatic heterocycles. The number of nitrogens with zero attached hydrogens (tertiary/aromatic N) is 2. The van der Waals surface area contributed by atoms with Crippen molar-refractivity contribution in [3.05, 3.63) is 84.2 Å². The van der Waals surface area contributed by atoms with Crippen LogP contribution in [0.25, 0.3) is 10.8 Å². The number of aliphatic hydroxyl groups is 1. The van der Waals surface area contributed by atoms with Gasteiger partial charge in [-0.3, -0.25) is 4.79 Å². The lowest BCUT2D eigenvalue weighted by Gasteiger charge is -2.12. The number of methoxy groups -OCH3 is 1. The summed E-state index contributed by atoms with van der Waals surface area (Å²) in [6, 6.07) is 21.5. The Labute approximate surface area is 184 Å². The Kier molecular flexibility index (Phi) is 6.54. The lowest BCUT2D eigenvalue weighted by atomic mass is 10.1. The molecule has 0 aliphatic carbocycles. The van der Waals surface area contributed by atoms with Gasteiger partial charge in [-0.25, -0.2) is 4.98 Å². The fraction of sp³-hybridized carbons (Fsp3) is 0.167. The Bertz CT molecular complexity index is 1180. The lowest BCUT2D eigenvalue weighted by molar-refractivity contribution is -0.113. The molecule has 7 heteroatoms. The fourth-order valence-electron chi connectivity index (χ4n) is 3.37. The number of hydrogen-bond acceptors (Lipinski definition) is 5. The number of nitrogens with one attached hydrogen (secondary N) is 1. The molecule has 6 nitrogen and oxygen atoms in total. The molecule has 4 aromatic rings. The Morgan fingerprint density at radius 1 is 1.10 bits per heavy atom. The molecule has 2 N–H and O–H groups in total. The molecule has 0 fully saturated rings. The van der Waals surface area contributed by atoms with Gasteiger partial charge in [0.2, 0.25) is 5.91 Å². The predicted octanol–water partition coefficient (Wildman–Crippen LogP) is 4.32. The summed E-state index contributed by atoms with van der Waals surface area (Å²) in [6.07, 6.45) is 1.65. The average Bonchev–Trinajstić information content (AvgIpc) is 3.20. The third kappa shape index (κ3) is 4.90. The van der Waals surface area contributed by atoms with E-state index in [-0.39, 0.29) is 18.3 Å². The number of hydrogen-bond donors (Lipinski definition) is 2. The SMILES string of the molecule is COc1ccc(Cn2c(CO)cnc2SCC(=O)Nc2cccc3ccccc23)cc1. The highest BCUT2D eigenvalue weighted by molar-refractivity contribution is 7.99. The van der Waals surface area contributed by atoms with E-state index in [0.717, 1.165) is 27.8 Å². The van der Waals surface area contributed by atoms with Gasteiger partial charge < -0.3 is 19.7 Å². The van der Waals surface area contributed by atoms with Crippen molar-refractivity contribution in [1.29, 1.82) is 0 Å². The van der Waals surface area contributed by atoms with E-state index in [0.29, 0.717) is 17.4 Å². The maximum atomic E-state index is 12.6. The highest BCUT2D eigenvalue weighted by Crippen LogP contribution is 2.25. The first kappa shape index (κ1) is 21.0. The number of carbonyl (C=O) groups is 1. The zero-order valence-electron chi connectivity index (χ0n) is 17.1. The molecule has 4 rings (SSSR count). The molecule has 0 unspecified atom stereocenters. The van der Waals surface area contributed by atoms with Crippen LogP contribution in [0.2, 0.25) is 0 Å². The number of benzene rings is 3. The minimum Gasteiger partial charge on any atom is -0.497 e. The molecule has 31 heavy (non-hydrogen) atoms. The Morgan fingerprint density at radius 3 is 2.65 bits per heavy atom. The molecule has 0 spiro atoms. The van der Waals surface area contributed by atoms with Crippen LogP contribution in [0.3, 0.4) is 0 Å². The second-order valence-corrected chi connectivity index (χ2v) is 7.93. The van der Waals surface area contributed by atoms with Crippen LogP contribution >= 0.6 is 11.8 Å². The van der Waals surface area contributed by atoms with Gasteiger partial charge in [-0.15, -0.1) is 0 Å². The summed E-state index contributed by atoms with van der Waals surface area (Å²) in [5.74, 6) is 0.899. The maximum absolute atomic E-state index is 12.6. The van der Waals surface area contributed by atoms with Crippen LogP contribution in [0.15, 0.2) is 78.1 Å². The second kappa shape index (κ2) is 9.68. The Morgan fingerprint density at radius 2 is 1.87 bits per heavy atom. The molecule has 1 heterocycles. The van der Waals surface area contributed by atoms with E-state index < -0.39 is 0 Å². The van der Waals surface area contributed by atoms with Crippen molar-refractivity contribution in [3.8, 4) is 5.75 Å². The van der Waals surface area contributed by atoms with Gasteiger partial charge >= 0.3 is 0 Å². The van der Waals surface area contributed by atoms with E-state index in [4.69, 9.17) is 4.74 Å². The van der Waals surface area contributed by atoms with E-state index in [1.165, 1.54) is 11.8 Å². The maximum Gasteiger partial charge on any atom is 0.234 e. The van der Waals surface area contributed by atoms with Crippen molar-refractivity contribution >= 4 is 34.1 Å². The Hall–Kier alpha value is -3.29. The number of fused-ring (bicyclic) bond motifs is 1. The molecule has 0 saturated carbocycles. The highest BCUT2D eigenvalue weighted by Gasteiger charge is 2.13. The molecule has 0 atom stereocenters. The lowest BCUT2D eigenvalue weighted by Crippen LogP contribution is -2.15. The first-order chi connectivity index (χ1) is 15.2. The fourth-order valence-corrected chi connectivity index (χ4v) is 4.16. The van der Waals surface area contributed by atoms with Crippen LogP contribution in [0.1, 0.15) is 11.3 Å². The van der Waals surface area contributed by atoms with Gasteiger partial charge in [0, 0.05) is 17.6 Å². The number of imidazole rings is 1. The molecule has 0 saturated heterocycles. The minimum absolute atomic E-state index is 0.106. The third-order valence-corrected chi connectivity index (χ3v) is 5.95. The summed E-state index contributed by atoms with van der Waals surface area (Å²) in [5.41, 5.74) is 2.55. The smallest absolute Gasteiger partial charge is 0.234 e. The molecule has 158 valence electrons. The summed E-state index contributed by atoms with van der Waals surface area (Å²) < 4.78 is 7.13. The van der Waals surface area contributed by atoms with Crippen LogP contribution in [0, 0.1) is 0 Å². The number of aromatic nitrogens is 2. The molecule has 3 aromatic carbocycles. The molecular formula is C24H23N3O3S. The molecule has 0 bridgehead atoms. The molecule has 1 amide bonds. The third-order valence-electron chi connectivity index (χ3n) is 4.96. The van der Waals surface area contributed by atoms with Crippen LogP contribution in [0.4, 0.5) is 5.69 Å². The molecule has 0 aliphatic heterocycles. The standard InChI is InChI=1S/C24H23N3O3S/c1-30-20-11-9-17(10-12-20)14-27-19(15-28)13-25-24(27)31-16-23(29)26-22-8-4-6-18-5-2-3-7-21(18)22/h2-13,28H,14-16H2,1H3,(H,26,29). The molecule has 0 aliphatic rings. The van der Waals surface area contributed by atoms with E-state index in [1.54, 1.807) is 13.3 Å². The van der Waals surface area contributed by atoms with Gasteiger partial charge in [-0.2, -0.15) is 0 Å². The quantitative estimate of drug-likeness (QED) is 0.405.